The number of benzene rings is 1. The lowest BCUT2D eigenvalue weighted by Gasteiger charge is -2.53. The van der Waals surface area contributed by atoms with E-state index in [4.69, 9.17) is 39.1 Å². The van der Waals surface area contributed by atoms with Gasteiger partial charge in [-0.15, -0.1) is 0 Å². The molecule has 190 valence electrons. The van der Waals surface area contributed by atoms with E-state index >= 15 is 0 Å². The molecular weight excluding hydrogens is 495 g/mol. The number of piperidine rings is 1. The van der Waals surface area contributed by atoms with E-state index in [0.29, 0.717) is 38.2 Å². The maximum atomic E-state index is 8.72. The highest BCUT2D eigenvalue weighted by atomic mass is 35.5. The molecule has 0 amide bonds. The number of hydrogen-bond acceptors (Lipinski definition) is 7. The van der Waals surface area contributed by atoms with Crippen molar-refractivity contribution >= 4 is 40.4 Å². The average molecular weight is 528 g/mol. The van der Waals surface area contributed by atoms with E-state index in [0.717, 1.165) is 25.5 Å². The summed E-state index contributed by atoms with van der Waals surface area (Å²) >= 11 is 12.4. The number of anilines is 2. The van der Waals surface area contributed by atoms with E-state index in [1.165, 1.54) is 31.7 Å². The Hall–Kier alpha value is -2.87. The number of aromatic nitrogens is 2. The Balaban J connectivity index is 0.00000148. The van der Waals surface area contributed by atoms with E-state index < -0.39 is 0 Å². The van der Waals surface area contributed by atoms with Crippen LogP contribution in [0.4, 0.5) is 11.5 Å². The first-order chi connectivity index (χ1) is 17.4. The van der Waals surface area contributed by atoms with Gasteiger partial charge in [0.05, 0.1) is 21.3 Å². The molecule has 0 radical (unpaired) electrons. The quantitative estimate of drug-likeness (QED) is 0.280. The van der Waals surface area contributed by atoms with Gasteiger partial charge in [0, 0.05) is 54.1 Å². The fourth-order valence-corrected chi connectivity index (χ4v) is 5.07. The van der Waals surface area contributed by atoms with Crippen molar-refractivity contribution in [2.24, 2.45) is 0 Å². The van der Waals surface area contributed by atoms with Gasteiger partial charge in [0.1, 0.15) is 18.2 Å². The Morgan fingerprint density at radius 1 is 1.11 bits per heavy atom. The SMILES string of the molecule is CC.N=C(c1ccc(N2CC3(CCCCN3)C2)nc1)c1cc(OCc2c(Cl)cncc2Cl)ccc1N. The van der Waals surface area contributed by atoms with Gasteiger partial charge in [-0.25, -0.2) is 4.98 Å². The molecule has 0 bridgehead atoms. The van der Waals surface area contributed by atoms with E-state index in [9.17, 15) is 0 Å². The molecule has 2 aliphatic heterocycles. The summed E-state index contributed by atoms with van der Waals surface area (Å²) in [7, 11) is 0. The summed E-state index contributed by atoms with van der Waals surface area (Å²) in [6.07, 6.45) is 8.57. The molecule has 3 aromatic rings. The Morgan fingerprint density at radius 3 is 2.50 bits per heavy atom. The summed E-state index contributed by atoms with van der Waals surface area (Å²) < 4.78 is 5.89. The molecule has 0 aliphatic carbocycles. The Labute approximate surface area is 222 Å². The highest BCUT2D eigenvalue weighted by Crippen LogP contribution is 2.33. The normalized spacial score (nSPS) is 16.1. The van der Waals surface area contributed by atoms with Gasteiger partial charge in [-0.05, 0) is 49.7 Å². The second-order valence-corrected chi connectivity index (χ2v) is 9.73. The third-order valence-electron chi connectivity index (χ3n) is 6.56. The number of nitrogens with one attached hydrogen (secondary N) is 2. The molecule has 36 heavy (non-hydrogen) atoms. The van der Waals surface area contributed by atoms with Crippen molar-refractivity contribution < 1.29 is 4.74 Å². The lowest BCUT2D eigenvalue weighted by Crippen LogP contribution is -2.70. The van der Waals surface area contributed by atoms with Gasteiger partial charge in [-0.2, -0.15) is 0 Å². The van der Waals surface area contributed by atoms with Gasteiger partial charge in [0.25, 0.3) is 0 Å². The van der Waals surface area contributed by atoms with Crippen LogP contribution in [0.5, 0.6) is 5.75 Å². The smallest absolute Gasteiger partial charge is 0.128 e. The molecule has 4 N–H and O–H groups in total. The van der Waals surface area contributed by atoms with Crippen LogP contribution in [0.3, 0.4) is 0 Å². The molecule has 0 saturated carbocycles. The minimum Gasteiger partial charge on any atom is -0.489 e. The summed E-state index contributed by atoms with van der Waals surface area (Å²) in [5.41, 5.74) is 9.15. The number of nitrogens with zero attached hydrogens (tertiary/aromatic N) is 3. The van der Waals surface area contributed by atoms with Crippen molar-refractivity contribution in [3.8, 4) is 5.75 Å². The topological polar surface area (TPSA) is 100 Å². The maximum absolute atomic E-state index is 8.72. The molecule has 5 rings (SSSR count). The summed E-state index contributed by atoms with van der Waals surface area (Å²) in [5, 5.41) is 13.3. The Morgan fingerprint density at radius 2 is 1.86 bits per heavy atom. The second kappa shape index (κ2) is 11.5. The first-order valence-corrected chi connectivity index (χ1v) is 13.1. The number of nitrogens with two attached hydrogens (primary N) is 1. The maximum Gasteiger partial charge on any atom is 0.128 e. The third kappa shape index (κ3) is 5.59. The molecule has 1 spiro atoms. The van der Waals surface area contributed by atoms with Gasteiger partial charge >= 0.3 is 0 Å². The van der Waals surface area contributed by atoms with Crippen molar-refractivity contribution in [1.29, 1.82) is 5.41 Å². The van der Waals surface area contributed by atoms with Crippen LogP contribution in [0.15, 0.2) is 48.9 Å². The van der Waals surface area contributed by atoms with Crippen molar-refractivity contribution in [3.63, 3.8) is 0 Å². The van der Waals surface area contributed by atoms with Gasteiger partial charge in [-0.1, -0.05) is 43.5 Å². The fourth-order valence-electron chi connectivity index (χ4n) is 4.60. The number of rotatable bonds is 6. The first-order valence-electron chi connectivity index (χ1n) is 12.3. The predicted molar refractivity (Wildman–Crippen MR) is 148 cm³/mol. The zero-order valence-electron chi connectivity index (χ0n) is 20.7. The highest BCUT2D eigenvalue weighted by molar-refractivity contribution is 6.35. The van der Waals surface area contributed by atoms with E-state index in [2.05, 4.69) is 20.2 Å². The molecule has 9 heteroatoms. The molecule has 2 fully saturated rings. The van der Waals surface area contributed by atoms with Gasteiger partial charge < -0.3 is 20.7 Å². The van der Waals surface area contributed by atoms with Gasteiger partial charge in [0.2, 0.25) is 0 Å². The van der Waals surface area contributed by atoms with Crippen LogP contribution >= 0.6 is 23.2 Å². The van der Waals surface area contributed by atoms with Crippen LogP contribution < -0.4 is 20.7 Å². The molecule has 4 heterocycles. The summed E-state index contributed by atoms with van der Waals surface area (Å²) in [6, 6.07) is 9.14. The predicted octanol–water partition coefficient (Wildman–Crippen LogP) is 5.72. The lowest BCUT2D eigenvalue weighted by molar-refractivity contribution is 0.201. The Kier molecular flexibility index (Phi) is 8.34. The van der Waals surface area contributed by atoms with Crippen molar-refractivity contribution in [3.05, 3.63) is 75.7 Å². The summed E-state index contributed by atoms with van der Waals surface area (Å²) in [5.74, 6) is 1.50. The number of nitrogen functional groups attached to an aromatic ring is 1. The monoisotopic (exact) mass is 526 g/mol. The summed E-state index contributed by atoms with van der Waals surface area (Å²) in [4.78, 5) is 10.9. The standard InChI is InChI=1S/C25H26Cl2N6O.C2H6/c26-20-11-30-12-21(27)19(20)13-34-17-4-5-22(28)18(9-17)24(29)16-3-6-23(31-10-16)33-14-25(15-33)7-1-2-8-32-25;1-2/h3-6,9-12,29,32H,1-2,7-8,13-15,28H2;1-2H3. The molecular formula is C27H32Cl2N6O. The third-order valence-corrected chi connectivity index (χ3v) is 7.21. The van der Waals surface area contributed by atoms with Crippen LogP contribution in [-0.2, 0) is 6.61 Å². The average Bonchev–Trinajstić information content (AvgIpc) is 2.89. The molecule has 2 saturated heterocycles. The van der Waals surface area contributed by atoms with Crippen LogP contribution in [0.25, 0.3) is 0 Å². The molecule has 2 aliphatic rings. The number of ether oxygens (including phenoxy) is 1. The highest BCUT2D eigenvalue weighted by Gasteiger charge is 2.43. The second-order valence-electron chi connectivity index (χ2n) is 8.92. The van der Waals surface area contributed by atoms with Gasteiger partial charge in [-0.3, -0.25) is 10.4 Å². The molecule has 0 unspecified atom stereocenters. The number of hydrogen-bond donors (Lipinski definition) is 3. The van der Waals surface area contributed by atoms with Crippen LogP contribution in [0, 0.1) is 5.41 Å². The zero-order valence-corrected chi connectivity index (χ0v) is 22.2. The Bertz CT molecular complexity index is 1180. The molecule has 1 aromatic carbocycles. The van der Waals surface area contributed by atoms with E-state index in [1.807, 2.05) is 26.0 Å². The van der Waals surface area contributed by atoms with E-state index in [-0.39, 0.29) is 17.9 Å². The minimum atomic E-state index is 0.180. The first kappa shape index (κ1) is 26.2. The number of pyridine rings is 2. The van der Waals surface area contributed by atoms with Crippen LogP contribution in [0.1, 0.15) is 49.8 Å². The minimum absolute atomic E-state index is 0.180. The van der Waals surface area contributed by atoms with Gasteiger partial charge in [0.15, 0.2) is 0 Å². The summed E-state index contributed by atoms with van der Waals surface area (Å²) in [6.45, 7) is 7.24. The largest absolute Gasteiger partial charge is 0.489 e. The van der Waals surface area contributed by atoms with Crippen LogP contribution in [-0.4, -0.2) is 40.9 Å². The molecule has 2 aromatic heterocycles. The lowest BCUT2D eigenvalue weighted by atomic mass is 9.82. The molecule has 0 atom stereocenters. The fraction of sp³-hybridized carbons (Fsp3) is 0.370. The van der Waals surface area contributed by atoms with Crippen molar-refractivity contribution in [2.75, 3.05) is 30.3 Å². The number of halogens is 2. The molecule has 7 nitrogen and oxygen atoms in total. The zero-order chi connectivity index (χ0) is 25.7. The van der Waals surface area contributed by atoms with Crippen LogP contribution in [0.2, 0.25) is 10.0 Å². The van der Waals surface area contributed by atoms with Crippen molar-refractivity contribution in [2.45, 2.75) is 45.3 Å². The van der Waals surface area contributed by atoms with E-state index in [1.54, 1.807) is 24.4 Å². The van der Waals surface area contributed by atoms with Crippen molar-refractivity contribution in [1.82, 2.24) is 15.3 Å².